The summed E-state index contributed by atoms with van der Waals surface area (Å²) in [5.41, 5.74) is 8.24. The van der Waals surface area contributed by atoms with E-state index in [2.05, 4.69) is 18.9 Å². The minimum atomic E-state index is -0.308. The lowest BCUT2D eigenvalue weighted by molar-refractivity contribution is 0.400. The minimum absolute atomic E-state index is 0.221. The predicted octanol–water partition coefficient (Wildman–Crippen LogP) is 2.73. The molecule has 2 rings (SSSR count). The highest BCUT2D eigenvalue weighted by Crippen LogP contribution is 2.32. The molecule has 0 amide bonds. The van der Waals surface area contributed by atoms with Gasteiger partial charge in [-0.15, -0.1) is 0 Å². The molecule has 1 atom stereocenters. The number of aryl methyl sites for hydroxylation is 2. The summed E-state index contributed by atoms with van der Waals surface area (Å²) < 4.78 is 12.8. The Bertz CT molecular complexity index is 569. The molecule has 1 unspecified atom stereocenters. The Labute approximate surface area is 113 Å². The quantitative estimate of drug-likeness (QED) is 0.921. The van der Waals surface area contributed by atoms with Crippen LogP contribution in [0.15, 0.2) is 16.7 Å². The third-order valence-electron chi connectivity index (χ3n) is 3.22. The second kappa shape index (κ2) is 5.09. The van der Waals surface area contributed by atoms with Crippen molar-refractivity contribution in [2.24, 2.45) is 5.73 Å². The summed E-state index contributed by atoms with van der Waals surface area (Å²) >= 11 is 0. The first-order chi connectivity index (χ1) is 8.95. The second-order valence-corrected chi connectivity index (χ2v) is 4.98. The lowest BCUT2D eigenvalue weighted by atomic mass is 10.0. The topological polar surface area (TPSA) is 66.2 Å². The fourth-order valence-corrected chi connectivity index (χ4v) is 2.33. The first kappa shape index (κ1) is 13.7. The van der Waals surface area contributed by atoms with Crippen LogP contribution < -0.4 is 10.5 Å². The van der Waals surface area contributed by atoms with Crippen LogP contribution in [0.4, 0.5) is 0 Å². The van der Waals surface area contributed by atoms with Crippen molar-refractivity contribution in [3.63, 3.8) is 0 Å². The number of rotatable bonds is 4. The van der Waals surface area contributed by atoms with Gasteiger partial charge in [-0.1, -0.05) is 0 Å². The van der Waals surface area contributed by atoms with Crippen LogP contribution in [0.25, 0.3) is 0 Å². The molecule has 0 saturated carbocycles. The van der Waals surface area contributed by atoms with Gasteiger partial charge in [-0.05, 0) is 33.8 Å². The molecule has 0 aromatic carbocycles. The Morgan fingerprint density at radius 3 is 2.53 bits per heavy atom. The monoisotopic (exact) mass is 263 g/mol. The Hall–Kier alpha value is -1.75. The second-order valence-electron chi connectivity index (χ2n) is 4.98. The smallest absolute Gasteiger partial charge is 0.161 e. The molecular weight excluding hydrogens is 242 g/mol. The van der Waals surface area contributed by atoms with Crippen LogP contribution in [0.2, 0.25) is 0 Å². The molecule has 0 aliphatic heterocycles. The average Bonchev–Trinajstić information content (AvgIpc) is 2.91. The van der Waals surface area contributed by atoms with Gasteiger partial charge in [0.05, 0.1) is 19.3 Å². The summed E-state index contributed by atoms with van der Waals surface area (Å²) in [5, 5.41) is 4.35. The molecule has 104 valence electrons. The molecular formula is C14H21N3O2. The van der Waals surface area contributed by atoms with Gasteiger partial charge >= 0.3 is 0 Å². The van der Waals surface area contributed by atoms with Gasteiger partial charge in [0.2, 0.25) is 0 Å². The fourth-order valence-electron chi connectivity index (χ4n) is 2.33. The Morgan fingerprint density at radius 1 is 1.37 bits per heavy atom. The van der Waals surface area contributed by atoms with Crippen molar-refractivity contribution < 1.29 is 9.15 Å². The van der Waals surface area contributed by atoms with E-state index < -0.39 is 0 Å². The predicted molar refractivity (Wildman–Crippen MR) is 73.4 cm³/mol. The Balaban J connectivity index is 2.51. The molecule has 0 aliphatic rings. The number of ether oxygens (including phenoxy) is 1. The summed E-state index contributed by atoms with van der Waals surface area (Å²) in [4.78, 5) is 0. The zero-order chi connectivity index (χ0) is 14.2. The third-order valence-corrected chi connectivity index (χ3v) is 3.22. The average molecular weight is 263 g/mol. The maximum atomic E-state index is 6.39. The van der Waals surface area contributed by atoms with Crippen molar-refractivity contribution in [2.75, 3.05) is 7.11 Å². The van der Waals surface area contributed by atoms with Gasteiger partial charge in [-0.25, -0.2) is 0 Å². The van der Waals surface area contributed by atoms with Crippen molar-refractivity contribution in [3.8, 4) is 5.75 Å². The molecule has 19 heavy (non-hydrogen) atoms. The summed E-state index contributed by atoms with van der Waals surface area (Å²) in [7, 11) is 1.63. The number of hydrogen-bond acceptors (Lipinski definition) is 4. The number of aromatic nitrogens is 2. The van der Waals surface area contributed by atoms with E-state index in [1.165, 1.54) is 0 Å². The van der Waals surface area contributed by atoms with Crippen LogP contribution in [0.5, 0.6) is 5.75 Å². The number of nitrogens with zero attached hydrogens (tertiary/aromatic N) is 2. The largest absolute Gasteiger partial charge is 0.493 e. The first-order valence-electron chi connectivity index (χ1n) is 6.39. The van der Waals surface area contributed by atoms with Gasteiger partial charge in [-0.3, -0.25) is 4.68 Å². The molecule has 0 aliphatic carbocycles. The molecule has 2 N–H and O–H groups in total. The van der Waals surface area contributed by atoms with Gasteiger partial charge in [0.15, 0.2) is 5.75 Å². The van der Waals surface area contributed by atoms with Crippen molar-refractivity contribution >= 4 is 0 Å². The summed E-state index contributed by atoms with van der Waals surface area (Å²) in [6, 6.07) is 1.88. The maximum Gasteiger partial charge on any atom is 0.161 e. The standard InChI is InChI=1S/C14H21N3O2/c1-8(2)17-14(12(18-5)7-16-17)13(15)11-6-9(3)19-10(11)4/h6-8,13H,15H2,1-5H3. The van der Waals surface area contributed by atoms with Crippen LogP contribution in [0, 0.1) is 13.8 Å². The Kier molecular flexibility index (Phi) is 3.66. The summed E-state index contributed by atoms with van der Waals surface area (Å²) in [6.45, 7) is 7.97. The first-order valence-corrected chi connectivity index (χ1v) is 6.39. The van der Waals surface area contributed by atoms with E-state index in [4.69, 9.17) is 14.9 Å². The van der Waals surface area contributed by atoms with E-state index >= 15 is 0 Å². The van der Waals surface area contributed by atoms with E-state index in [1.807, 2.05) is 24.6 Å². The molecule has 0 fully saturated rings. The number of hydrogen-bond donors (Lipinski definition) is 1. The third kappa shape index (κ3) is 2.38. The van der Waals surface area contributed by atoms with Gasteiger partial charge in [0, 0.05) is 11.6 Å². The van der Waals surface area contributed by atoms with E-state index in [9.17, 15) is 0 Å². The number of nitrogens with two attached hydrogens (primary N) is 1. The van der Waals surface area contributed by atoms with E-state index in [1.54, 1.807) is 13.3 Å². The molecule has 5 heteroatoms. The van der Waals surface area contributed by atoms with Crippen LogP contribution >= 0.6 is 0 Å². The fraction of sp³-hybridized carbons (Fsp3) is 0.500. The van der Waals surface area contributed by atoms with Crippen LogP contribution in [-0.4, -0.2) is 16.9 Å². The van der Waals surface area contributed by atoms with Gasteiger partial charge in [0.1, 0.15) is 17.2 Å². The lowest BCUT2D eigenvalue weighted by Gasteiger charge is -2.17. The zero-order valence-electron chi connectivity index (χ0n) is 12.1. The maximum absolute atomic E-state index is 6.39. The van der Waals surface area contributed by atoms with Gasteiger partial charge in [0.25, 0.3) is 0 Å². The molecule has 0 radical (unpaired) electrons. The van der Waals surface area contributed by atoms with Gasteiger partial charge in [-0.2, -0.15) is 5.10 Å². The van der Waals surface area contributed by atoms with Gasteiger partial charge < -0.3 is 14.9 Å². The number of furan rings is 1. The number of methoxy groups -OCH3 is 1. The summed E-state index contributed by atoms with van der Waals surface area (Å²) in [6.07, 6.45) is 1.71. The van der Waals surface area contributed by atoms with Crippen molar-refractivity contribution in [1.82, 2.24) is 9.78 Å². The van der Waals surface area contributed by atoms with Crippen LogP contribution in [0.3, 0.4) is 0 Å². The minimum Gasteiger partial charge on any atom is -0.493 e. The van der Waals surface area contributed by atoms with Crippen molar-refractivity contribution in [1.29, 1.82) is 0 Å². The zero-order valence-corrected chi connectivity index (χ0v) is 12.1. The van der Waals surface area contributed by atoms with Crippen LogP contribution in [0.1, 0.15) is 48.7 Å². The molecule has 2 aromatic heterocycles. The Morgan fingerprint density at radius 2 is 2.05 bits per heavy atom. The lowest BCUT2D eigenvalue weighted by Crippen LogP contribution is -2.19. The normalized spacial score (nSPS) is 13.0. The molecule has 2 aromatic rings. The molecule has 2 heterocycles. The van der Waals surface area contributed by atoms with E-state index in [0.717, 1.165) is 22.8 Å². The molecule has 0 spiro atoms. The summed E-state index contributed by atoms with van der Waals surface area (Å²) in [5.74, 6) is 2.40. The van der Waals surface area contributed by atoms with E-state index in [-0.39, 0.29) is 12.1 Å². The SMILES string of the molecule is COc1cnn(C(C)C)c1C(N)c1cc(C)oc1C. The van der Waals surface area contributed by atoms with E-state index in [0.29, 0.717) is 5.75 Å². The highest BCUT2D eigenvalue weighted by molar-refractivity contribution is 5.38. The molecule has 0 saturated heterocycles. The molecule has 0 bridgehead atoms. The highest BCUT2D eigenvalue weighted by atomic mass is 16.5. The van der Waals surface area contributed by atoms with Crippen molar-refractivity contribution in [3.05, 3.63) is 35.0 Å². The van der Waals surface area contributed by atoms with Crippen LogP contribution in [-0.2, 0) is 0 Å². The highest BCUT2D eigenvalue weighted by Gasteiger charge is 2.24. The van der Waals surface area contributed by atoms with Crippen molar-refractivity contribution in [2.45, 2.75) is 39.8 Å². The molecule has 5 nitrogen and oxygen atoms in total.